The number of hydrogen-bond donors (Lipinski definition) is 0. The molecule has 0 aliphatic heterocycles. The molecular formula is C22H21NO3. The molecule has 0 atom stereocenters. The van der Waals surface area contributed by atoms with Crippen molar-refractivity contribution >= 4 is 17.8 Å². The molecule has 0 aromatic heterocycles. The lowest BCUT2D eigenvalue weighted by Gasteiger charge is -2.18. The highest BCUT2D eigenvalue weighted by atomic mass is 16.5. The van der Waals surface area contributed by atoms with Crippen LogP contribution in [-0.4, -0.2) is 18.4 Å². The van der Waals surface area contributed by atoms with Crippen molar-refractivity contribution in [3.05, 3.63) is 76.9 Å². The van der Waals surface area contributed by atoms with Gasteiger partial charge in [-0.05, 0) is 34.8 Å². The fourth-order valence-corrected chi connectivity index (χ4v) is 2.26. The lowest BCUT2D eigenvalue weighted by molar-refractivity contribution is -0.136. The standard InChI is InChI=1S/C22H21NO3/c1-22(2,3)19-11-9-18(10-12-19)20(24)15-26-21(25)13-8-16-4-6-17(14-23)7-5-16/h4-13H,15H2,1-3H3/b13-8+. The summed E-state index contributed by atoms with van der Waals surface area (Å²) in [7, 11) is 0. The number of ketones is 1. The Labute approximate surface area is 153 Å². The van der Waals surface area contributed by atoms with Gasteiger partial charge in [0.05, 0.1) is 11.6 Å². The van der Waals surface area contributed by atoms with Crippen LogP contribution in [0.15, 0.2) is 54.6 Å². The highest BCUT2D eigenvalue weighted by molar-refractivity contribution is 5.98. The first-order chi connectivity index (χ1) is 12.3. The van der Waals surface area contributed by atoms with Gasteiger partial charge in [0.25, 0.3) is 0 Å². The molecule has 0 amide bonds. The summed E-state index contributed by atoms with van der Waals surface area (Å²) in [5.74, 6) is -0.834. The number of benzene rings is 2. The lowest BCUT2D eigenvalue weighted by atomic mass is 9.86. The Balaban J connectivity index is 1.89. The van der Waals surface area contributed by atoms with E-state index >= 15 is 0 Å². The molecule has 0 bridgehead atoms. The fraction of sp³-hybridized carbons (Fsp3) is 0.227. The minimum Gasteiger partial charge on any atom is -0.454 e. The van der Waals surface area contributed by atoms with Crippen LogP contribution in [0.5, 0.6) is 0 Å². The van der Waals surface area contributed by atoms with Crippen LogP contribution < -0.4 is 0 Å². The molecule has 0 saturated carbocycles. The van der Waals surface area contributed by atoms with Crippen molar-refractivity contribution in [1.29, 1.82) is 5.26 Å². The van der Waals surface area contributed by atoms with Crippen molar-refractivity contribution in [2.24, 2.45) is 0 Å². The van der Waals surface area contributed by atoms with E-state index < -0.39 is 5.97 Å². The molecule has 0 spiro atoms. The monoisotopic (exact) mass is 347 g/mol. The van der Waals surface area contributed by atoms with E-state index in [4.69, 9.17) is 10.00 Å². The predicted octanol–water partition coefficient (Wildman–Crippen LogP) is 4.30. The first-order valence-electron chi connectivity index (χ1n) is 8.28. The molecule has 2 rings (SSSR count). The normalized spacial score (nSPS) is 11.2. The molecule has 0 radical (unpaired) electrons. The van der Waals surface area contributed by atoms with Crippen LogP contribution in [0.25, 0.3) is 6.08 Å². The Morgan fingerprint density at radius 1 is 1.04 bits per heavy atom. The van der Waals surface area contributed by atoms with E-state index in [9.17, 15) is 9.59 Å². The summed E-state index contributed by atoms with van der Waals surface area (Å²) in [5, 5.41) is 8.74. The Kier molecular flexibility index (Phi) is 6.08. The third kappa shape index (κ3) is 5.42. The third-order valence-corrected chi connectivity index (χ3v) is 3.87. The van der Waals surface area contributed by atoms with Gasteiger partial charge in [-0.2, -0.15) is 5.26 Å². The second-order valence-corrected chi connectivity index (χ2v) is 6.93. The number of esters is 1. The van der Waals surface area contributed by atoms with Crippen molar-refractivity contribution in [3.63, 3.8) is 0 Å². The van der Waals surface area contributed by atoms with Gasteiger partial charge in [-0.3, -0.25) is 4.79 Å². The quantitative estimate of drug-likeness (QED) is 0.459. The smallest absolute Gasteiger partial charge is 0.331 e. The molecule has 0 heterocycles. The van der Waals surface area contributed by atoms with Crippen LogP contribution >= 0.6 is 0 Å². The summed E-state index contributed by atoms with van der Waals surface area (Å²) in [6.45, 7) is 6.01. The second-order valence-electron chi connectivity index (χ2n) is 6.93. The van der Waals surface area contributed by atoms with E-state index in [-0.39, 0.29) is 17.8 Å². The molecule has 0 fully saturated rings. The van der Waals surface area contributed by atoms with E-state index in [1.54, 1.807) is 42.5 Å². The van der Waals surface area contributed by atoms with Gasteiger partial charge in [0.15, 0.2) is 12.4 Å². The average molecular weight is 347 g/mol. The molecule has 26 heavy (non-hydrogen) atoms. The number of rotatable bonds is 5. The minimum atomic E-state index is -0.589. The number of nitrogens with zero attached hydrogens (tertiary/aromatic N) is 1. The molecule has 2 aromatic carbocycles. The Morgan fingerprint density at radius 3 is 2.19 bits per heavy atom. The summed E-state index contributed by atoms with van der Waals surface area (Å²) in [5.41, 5.74) is 2.99. The lowest BCUT2D eigenvalue weighted by Crippen LogP contribution is -2.14. The maximum absolute atomic E-state index is 12.1. The number of nitriles is 1. The molecule has 132 valence electrons. The van der Waals surface area contributed by atoms with Crippen molar-refractivity contribution in [1.82, 2.24) is 0 Å². The summed E-state index contributed by atoms with van der Waals surface area (Å²) < 4.78 is 4.99. The second kappa shape index (κ2) is 8.26. The van der Waals surface area contributed by atoms with E-state index in [2.05, 4.69) is 20.8 Å². The van der Waals surface area contributed by atoms with Crippen LogP contribution in [0.1, 0.15) is 47.8 Å². The summed E-state index contributed by atoms with van der Waals surface area (Å²) in [4.78, 5) is 23.9. The number of ether oxygens (including phenoxy) is 1. The van der Waals surface area contributed by atoms with Crippen LogP contribution in [-0.2, 0) is 14.9 Å². The van der Waals surface area contributed by atoms with E-state index in [0.29, 0.717) is 11.1 Å². The third-order valence-electron chi connectivity index (χ3n) is 3.87. The zero-order valence-corrected chi connectivity index (χ0v) is 15.2. The number of Topliss-reactive ketones (excluding diaryl/α,β-unsaturated/α-hetero) is 1. The Hall–Kier alpha value is -3.19. The van der Waals surface area contributed by atoms with Crippen LogP contribution in [0.2, 0.25) is 0 Å². The first kappa shape index (κ1) is 19.1. The molecule has 0 N–H and O–H groups in total. The van der Waals surface area contributed by atoms with E-state index in [0.717, 1.165) is 11.1 Å². The number of carbonyl (C=O) groups is 2. The number of hydrogen-bond acceptors (Lipinski definition) is 4. The summed E-state index contributed by atoms with van der Waals surface area (Å²) in [6, 6.07) is 16.1. The van der Waals surface area contributed by atoms with Crippen molar-refractivity contribution in [2.75, 3.05) is 6.61 Å². The zero-order chi connectivity index (χ0) is 19.2. The number of carbonyl (C=O) groups excluding carboxylic acids is 2. The van der Waals surface area contributed by atoms with Gasteiger partial charge in [0.2, 0.25) is 0 Å². The maximum Gasteiger partial charge on any atom is 0.331 e. The van der Waals surface area contributed by atoms with Gasteiger partial charge in [-0.1, -0.05) is 57.2 Å². The predicted molar refractivity (Wildman–Crippen MR) is 101 cm³/mol. The van der Waals surface area contributed by atoms with Crippen molar-refractivity contribution in [2.45, 2.75) is 26.2 Å². The molecule has 0 unspecified atom stereocenters. The topological polar surface area (TPSA) is 67.2 Å². The summed E-state index contributed by atoms with van der Waals surface area (Å²) in [6.07, 6.45) is 2.84. The average Bonchev–Trinajstić information content (AvgIpc) is 2.64. The van der Waals surface area contributed by atoms with E-state index in [1.165, 1.54) is 6.08 Å². The first-order valence-corrected chi connectivity index (χ1v) is 8.28. The SMILES string of the molecule is CC(C)(C)c1ccc(C(=O)COC(=O)/C=C/c2ccc(C#N)cc2)cc1. The van der Waals surface area contributed by atoms with Crippen molar-refractivity contribution < 1.29 is 14.3 Å². The zero-order valence-electron chi connectivity index (χ0n) is 15.2. The minimum absolute atomic E-state index is 0.0181. The van der Waals surface area contributed by atoms with Gasteiger partial charge in [0.1, 0.15) is 0 Å². The van der Waals surface area contributed by atoms with Gasteiger partial charge in [-0.15, -0.1) is 0 Å². The largest absolute Gasteiger partial charge is 0.454 e. The molecule has 0 saturated heterocycles. The van der Waals surface area contributed by atoms with E-state index in [1.807, 2.05) is 18.2 Å². The molecule has 4 heteroatoms. The Morgan fingerprint density at radius 2 is 1.65 bits per heavy atom. The summed E-state index contributed by atoms with van der Waals surface area (Å²) >= 11 is 0. The van der Waals surface area contributed by atoms with Crippen LogP contribution in [0.4, 0.5) is 0 Å². The van der Waals surface area contributed by atoms with Crippen LogP contribution in [0, 0.1) is 11.3 Å². The van der Waals surface area contributed by atoms with Crippen LogP contribution in [0.3, 0.4) is 0 Å². The van der Waals surface area contributed by atoms with Gasteiger partial charge in [-0.25, -0.2) is 4.79 Å². The maximum atomic E-state index is 12.1. The highest BCUT2D eigenvalue weighted by Gasteiger charge is 2.14. The fourth-order valence-electron chi connectivity index (χ4n) is 2.26. The molecule has 2 aromatic rings. The molecule has 0 aliphatic rings. The van der Waals surface area contributed by atoms with Gasteiger partial charge in [0, 0.05) is 11.6 Å². The Bertz CT molecular complexity index is 848. The van der Waals surface area contributed by atoms with Gasteiger partial charge >= 0.3 is 5.97 Å². The molecule has 0 aliphatic carbocycles. The molecular weight excluding hydrogens is 326 g/mol. The highest BCUT2D eigenvalue weighted by Crippen LogP contribution is 2.22. The molecule has 4 nitrogen and oxygen atoms in total. The van der Waals surface area contributed by atoms with Crippen molar-refractivity contribution in [3.8, 4) is 6.07 Å². The van der Waals surface area contributed by atoms with Gasteiger partial charge < -0.3 is 4.74 Å².